The maximum Gasteiger partial charge on any atom is 0.387 e. The molecule has 9 heteroatoms. The Bertz CT molecular complexity index is 788. The Labute approximate surface area is 151 Å². The summed E-state index contributed by atoms with van der Waals surface area (Å²) in [5.41, 5.74) is 0.292. The molecule has 0 saturated carbocycles. The molecule has 0 unspecified atom stereocenters. The summed E-state index contributed by atoms with van der Waals surface area (Å²) in [6, 6.07) is 9.99. The number of halogens is 4. The van der Waals surface area contributed by atoms with Crippen LogP contribution in [0, 0.1) is 0 Å². The standard InChI is InChI=1S/C16H12Cl2F2N2O3/c17-11-6-5-9(7-12(11)18)22-14(23)8-21-15(24)10-3-1-2-4-13(10)25-16(19)20/h1-7,16H,8H2,(H,21,24)(H,22,23). The Morgan fingerprint density at radius 2 is 1.80 bits per heavy atom. The van der Waals surface area contributed by atoms with Gasteiger partial charge in [0.1, 0.15) is 5.75 Å². The van der Waals surface area contributed by atoms with Crippen LogP contribution >= 0.6 is 23.2 Å². The highest BCUT2D eigenvalue weighted by Crippen LogP contribution is 2.25. The van der Waals surface area contributed by atoms with Crippen LogP contribution in [0.2, 0.25) is 10.0 Å². The normalized spacial score (nSPS) is 10.4. The number of rotatable bonds is 6. The number of hydrogen-bond acceptors (Lipinski definition) is 3. The highest BCUT2D eigenvalue weighted by Gasteiger charge is 2.16. The molecule has 0 saturated heterocycles. The van der Waals surface area contributed by atoms with Crippen molar-refractivity contribution in [3.05, 3.63) is 58.1 Å². The van der Waals surface area contributed by atoms with Crippen molar-refractivity contribution >= 4 is 40.7 Å². The highest BCUT2D eigenvalue weighted by atomic mass is 35.5. The smallest absolute Gasteiger partial charge is 0.387 e. The second kappa shape index (κ2) is 8.64. The first-order chi connectivity index (χ1) is 11.9. The molecule has 0 spiro atoms. The van der Waals surface area contributed by atoms with Crippen LogP contribution in [0.15, 0.2) is 42.5 Å². The van der Waals surface area contributed by atoms with E-state index in [1.807, 2.05) is 0 Å². The molecule has 0 aliphatic heterocycles. The van der Waals surface area contributed by atoms with E-state index in [1.165, 1.54) is 36.4 Å². The van der Waals surface area contributed by atoms with Gasteiger partial charge in [0.25, 0.3) is 5.91 Å². The van der Waals surface area contributed by atoms with Crippen molar-refractivity contribution in [2.45, 2.75) is 6.61 Å². The van der Waals surface area contributed by atoms with Gasteiger partial charge >= 0.3 is 6.61 Å². The number of para-hydroxylation sites is 1. The van der Waals surface area contributed by atoms with Gasteiger partial charge in [0.15, 0.2) is 0 Å². The van der Waals surface area contributed by atoms with E-state index in [9.17, 15) is 18.4 Å². The van der Waals surface area contributed by atoms with Gasteiger partial charge in [-0.05, 0) is 30.3 Å². The average molecular weight is 389 g/mol. The molecule has 0 aliphatic rings. The molecule has 0 aromatic heterocycles. The third-order valence-corrected chi connectivity index (χ3v) is 3.70. The largest absolute Gasteiger partial charge is 0.434 e. The number of carbonyl (C=O) groups is 2. The van der Waals surface area contributed by atoms with E-state index in [0.717, 1.165) is 0 Å². The first-order valence-electron chi connectivity index (χ1n) is 6.93. The van der Waals surface area contributed by atoms with Crippen molar-refractivity contribution in [2.75, 3.05) is 11.9 Å². The molecule has 0 fully saturated rings. The lowest BCUT2D eigenvalue weighted by molar-refractivity contribution is -0.115. The second-order valence-electron chi connectivity index (χ2n) is 4.73. The van der Waals surface area contributed by atoms with Crippen LogP contribution < -0.4 is 15.4 Å². The van der Waals surface area contributed by atoms with Gasteiger partial charge in [0.05, 0.1) is 22.2 Å². The summed E-state index contributed by atoms with van der Waals surface area (Å²) in [5, 5.41) is 5.44. The molecule has 2 rings (SSSR count). The van der Waals surface area contributed by atoms with Crippen molar-refractivity contribution in [2.24, 2.45) is 0 Å². The number of alkyl halides is 2. The van der Waals surface area contributed by atoms with Gasteiger partial charge in [-0.1, -0.05) is 35.3 Å². The van der Waals surface area contributed by atoms with Gasteiger partial charge in [-0.25, -0.2) is 0 Å². The Kier molecular flexibility index (Phi) is 6.55. The van der Waals surface area contributed by atoms with Gasteiger partial charge < -0.3 is 15.4 Å². The lowest BCUT2D eigenvalue weighted by Crippen LogP contribution is -2.33. The van der Waals surface area contributed by atoms with Crippen LogP contribution in [0.1, 0.15) is 10.4 Å². The molecule has 0 radical (unpaired) electrons. The minimum Gasteiger partial charge on any atom is -0.434 e. The average Bonchev–Trinajstić information content (AvgIpc) is 2.56. The van der Waals surface area contributed by atoms with E-state index in [2.05, 4.69) is 15.4 Å². The Morgan fingerprint density at radius 3 is 2.48 bits per heavy atom. The monoisotopic (exact) mass is 388 g/mol. The fraction of sp³-hybridized carbons (Fsp3) is 0.125. The molecular formula is C16H12Cl2F2N2O3. The maximum absolute atomic E-state index is 12.3. The van der Waals surface area contributed by atoms with Crippen molar-refractivity contribution in [3.63, 3.8) is 0 Å². The van der Waals surface area contributed by atoms with E-state index in [-0.39, 0.29) is 22.9 Å². The summed E-state index contributed by atoms with van der Waals surface area (Å²) in [5.74, 6) is -1.53. The zero-order valence-electron chi connectivity index (χ0n) is 12.6. The maximum atomic E-state index is 12.3. The van der Waals surface area contributed by atoms with Crippen molar-refractivity contribution in [3.8, 4) is 5.75 Å². The lowest BCUT2D eigenvalue weighted by atomic mass is 10.2. The summed E-state index contributed by atoms with van der Waals surface area (Å²) >= 11 is 11.6. The van der Waals surface area contributed by atoms with E-state index >= 15 is 0 Å². The van der Waals surface area contributed by atoms with E-state index in [1.54, 1.807) is 6.07 Å². The molecule has 0 heterocycles. The fourth-order valence-electron chi connectivity index (χ4n) is 1.89. The number of carbonyl (C=O) groups excluding carboxylic acids is 2. The fourth-order valence-corrected chi connectivity index (χ4v) is 2.19. The minimum atomic E-state index is -3.06. The Balaban J connectivity index is 1.95. The van der Waals surface area contributed by atoms with Gasteiger partial charge in [-0.2, -0.15) is 8.78 Å². The van der Waals surface area contributed by atoms with E-state index in [0.29, 0.717) is 10.7 Å². The Morgan fingerprint density at radius 1 is 1.08 bits per heavy atom. The van der Waals surface area contributed by atoms with Crippen LogP contribution in [0.5, 0.6) is 5.75 Å². The zero-order chi connectivity index (χ0) is 18.4. The third kappa shape index (κ3) is 5.58. The quantitative estimate of drug-likeness (QED) is 0.786. The topological polar surface area (TPSA) is 67.4 Å². The van der Waals surface area contributed by atoms with Gasteiger partial charge in [0.2, 0.25) is 5.91 Å². The van der Waals surface area contributed by atoms with Crippen LogP contribution in [0.25, 0.3) is 0 Å². The SMILES string of the molecule is O=C(CNC(=O)c1ccccc1OC(F)F)Nc1ccc(Cl)c(Cl)c1. The molecular weight excluding hydrogens is 377 g/mol. The zero-order valence-corrected chi connectivity index (χ0v) is 14.1. The summed E-state index contributed by atoms with van der Waals surface area (Å²) < 4.78 is 29.0. The number of nitrogens with one attached hydrogen (secondary N) is 2. The molecule has 0 atom stereocenters. The molecule has 0 bridgehead atoms. The van der Waals surface area contributed by atoms with E-state index in [4.69, 9.17) is 23.2 Å². The summed E-state index contributed by atoms with van der Waals surface area (Å²) in [6.45, 7) is -3.44. The van der Waals surface area contributed by atoms with E-state index < -0.39 is 18.4 Å². The van der Waals surface area contributed by atoms with Crippen LogP contribution in [0.4, 0.5) is 14.5 Å². The van der Waals surface area contributed by atoms with Crippen LogP contribution in [-0.2, 0) is 4.79 Å². The first kappa shape index (κ1) is 19.0. The number of ether oxygens (including phenoxy) is 1. The predicted molar refractivity (Wildman–Crippen MR) is 90.5 cm³/mol. The van der Waals surface area contributed by atoms with Gasteiger partial charge in [-0.3, -0.25) is 9.59 Å². The predicted octanol–water partition coefficient (Wildman–Crippen LogP) is 3.96. The first-order valence-corrected chi connectivity index (χ1v) is 7.69. The van der Waals surface area contributed by atoms with Gasteiger partial charge in [-0.15, -0.1) is 0 Å². The molecule has 25 heavy (non-hydrogen) atoms. The highest BCUT2D eigenvalue weighted by molar-refractivity contribution is 6.42. The number of amides is 2. The van der Waals surface area contributed by atoms with Crippen molar-refractivity contribution < 1.29 is 23.1 Å². The summed E-state index contributed by atoms with van der Waals surface area (Å²) in [7, 11) is 0. The number of hydrogen-bond donors (Lipinski definition) is 2. The van der Waals surface area contributed by atoms with Crippen LogP contribution in [-0.4, -0.2) is 25.0 Å². The van der Waals surface area contributed by atoms with Crippen LogP contribution in [0.3, 0.4) is 0 Å². The minimum absolute atomic E-state index is 0.106. The van der Waals surface area contributed by atoms with Gasteiger partial charge in [0, 0.05) is 5.69 Å². The summed E-state index contributed by atoms with van der Waals surface area (Å²) in [4.78, 5) is 23.9. The molecule has 132 valence electrons. The van der Waals surface area contributed by atoms with Crippen molar-refractivity contribution in [1.82, 2.24) is 5.32 Å². The molecule has 2 amide bonds. The lowest BCUT2D eigenvalue weighted by Gasteiger charge is -2.11. The number of anilines is 1. The number of benzene rings is 2. The summed E-state index contributed by atoms with van der Waals surface area (Å²) in [6.07, 6.45) is 0. The van der Waals surface area contributed by atoms with Crippen molar-refractivity contribution in [1.29, 1.82) is 0 Å². The second-order valence-corrected chi connectivity index (χ2v) is 5.55. The molecule has 2 aromatic carbocycles. The molecule has 5 nitrogen and oxygen atoms in total. The molecule has 2 aromatic rings. The molecule has 2 N–H and O–H groups in total. The molecule has 0 aliphatic carbocycles. The third-order valence-electron chi connectivity index (χ3n) is 2.96. The Hall–Kier alpha value is -2.38.